The summed E-state index contributed by atoms with van der Waals surface area (Å²) >= 11 is 1.24. The van der Waals surface area contributed by atoms with E-state index in [0.29, 0.717) is 38.7 Å². The standard InChI is InChI=1S/C33H33N3O7S/c1-7-42-26-16-22(11-14-25(26)41-6)29-28(32(40)43-8-2)19(4)34-33-36(29)30(37)27(44-33)17-23-15-18(3)35(20(23)5)24-12-9-21(10-13-24)31(38)39/h9-17,29H,7-8H2,1-6H3,(H,38,39)/t29-/m1/s1. The van der Waals surface area contributed by atoms with Crippen LogP contribution in [-0.4, -0.2) is 46.5 Å². The van der Waals surface area contributed by atoms with Gasteiger partial charge < -0.3 is 23.9 Å². The summed E-state index contributed by atoms with van der Waals surface area (Å²) in [6, 6.07) is 13.2. The Kier molecular flexibility index (Phi) is 8.59. The molecule has 0 unspecified atom stereocenters. The molecule has 0 radical (unpaired) electrons. The quantitative estimate of drug-likeness (QED) is 0.279. The van der Waals surface area contributed by atoms with Crippen LogP contribution in [0.5, 0.6) is 11.5 Å². The topological polar surface area (TPSA) is 121 Å². The van der Waals surface area contributed by atoms with Crippen LogP contribution in [0.1, 0.15) is 59.7 Å². The van der Waals surface area contributed by atoms with E-state index in [0.717, 1.165) is 22.6 Å². The van der Waals surface area contributed by atoms with E-state index in [1.807, 2.05) is 43.5 Å². The van der Waals surface area contributed by atoms with E-state index in [-0.39, 0.29) is 23.3 Å². The first-order chi connectivity index (χ1) is 21.1. The normalized spacial score (nSPS) is 14.7. The summed E-state index contributed by atoms with van der Waals surface area (Å²) in [6.45, 7) is 9.82. The molecule has 0 bridgehead atoms. The summed E-state index contributed by atoms with van der Waals surface area (Å²) < 4.78 is 20.7. The second-order valence-electron chi connectivity index (χ2n) is 10.2. The molecule has 0 fully saturated rings. The molecule has 3 heterocycles. The van der Waals surface area contributed by atoms with Gasteiger partial charge in [-0.2, -0.15) is 0 Å². The van der Waals surface area contributed by atoms with Gasteiger partial charge in [-0.15, -0.1) is 0 Å². The highest BCUT2D eigenvalue weighted by atomic mass is 32.1. The molecule has 1 aliphatic heterocycles. The summed E-state index contributed by atoms with van der Waals surface area (Å²) in [4.78, 5) is 43.8. The first-order valence-electron chi connectivity index (χ1n) is 14.1. The molecule has 44 heavy (non-hydrogen) atoms. The molecule has 2 aromatic carbocycles. The van der Waals surface area contributed by atoms with Crippen LogP contribution in [0.25, 0.3) is 11.8 Å². The van der Waals surface area contributed by atoms with Crippen LogP contribution in [0.15, 0.2) is 69.6 Å². The van der Waals surface area contributed by atoms with E-state index in [1.165, 1.54) is 15.9 Å². The van der Waals surface area contributed by atoms with Crippen LogP contribution in [0.2, 0.25) is 0 Å². The number of esters is 1. The highest BCUT2D eigenvalue weighted by Gasteiger charge is 2.34. The summed E-state index contributed by atoms with van der Waals surface area (Å²) in [7, 11) is 1.55. The minimum Gasteiger partial charge on any atom is -0.493 e. The van der Waals surface area contributed by atoms with Crippen molar-refractivity contribution in [1.82, 2.24) is 9.13 Å². The number of carboxylic acid groups (broad SMARTS) is 1. The molecule has 10 nitrogen and oxygen atoms in total. The van der Waals surface area contributed by atoms with E-state index in [9.17, 15) is 19.5 Å². The highest BCUT2D eigenvalue weighted by Crippen LogP contribution is 2.36. The van der Waals surface area contributed by atoms with Gasteiger partial charge in [-0.25, -0.2) is 14.6 Å². The Morgan fingerprint density at radius 2 is 1.75 bits per heavy atom. The molecule has 0 spiro atoms. The Hall–Kier alpha value is -4.90. The maximum atomic E-state index is 14.1. The molecular weight excluding hydrogens is 582 g/mol. The molecule has 0 amide bonds. The number of aryl methyl sites for hydroxylation is 1. The van der Waals surface area contributed by atoms with Gasteiger partial charge in [-0.05, 0) is 94.3 Å². The number of thiazole rings is 1. The number of carboxylic acids is 1. The van der Waals surface area contributed by atoms with Crippen molar-refractivity contribution in [2.24, 2.45) is 4.99 Å². The molecule has 1 aliphatic rings. The van der Waals surface area contributed by atoms with Gasteiger partial charge in [-0.1, -0.05) is 17.4 Å². The van der Waals surface area contributed by atoms with E-state index in [4.69, 9.17) is 14.2 Å². The second kappa shape index (κ2) is 12.4. The van der Waals surface area contributed by atoms with Crippen molar-refractivity contribution in [3.8, 4) is 17.2 Å². The number of methoxy groups -OCH3 is 1. The predicted molar refractivity (Wildman–Crippen MR) is 167 cm³/mol. The van der Waals surface area contributed by atoms with Crippen molar-refractivity contribution in [2.75, 3.05) is 20.3 Å². The monoisotopic (exact) mass is 615 g/mol. The van der Waals surface area contributed by atoms with Crippen LogP contribution in [-0.2, 0) is 9.53 Å². The minimum atomic E-state index is -0.989. The maximum Gasteiger partial charge on any atom is 0.338 e. The molecule has 1 atom stereocenters. The minimum absolute atomic E-state index is 0.175. The molecule has 0 aliphatic carbocycles. The Balaban J connectivity index is 1.67. The van der Waals surface area contributed by atoms with Crippen LogP contribution in [0.4, 0.5) is 0 Å². The Morgan fingerprint density at radius 1 is 1.02 bits per heavy atom. The number of fused-ring (bicyclic) bond motifs is 1. The summed E-state index contributed by atoms with van der Waals surface area (Å²) in [6.07, 6.45) is 1.83. The smallest absolute Gasteiger partial charge is 0.338 e. The number of aromatic carboxylic acids is 1. The molecule has 4 aromatic rings. The first-order valence-corrected chi connectivity index (χ1v) is 14.9. The van der Waals surface area contributed by atoms with Crippen LogP contribution in [0, 0.1) is 13.8 Å². The third-order valence-corrected chi connectivity index (χ3v) is 8.43. The Morgan fingerprint density at radius 3 is 2.39 bits per heavy atom. The lowest BCUT2D eigenvalue weighted by molar-refractivity contribution is -0.139. The van der Waals surface area contributed by atoms with Gasteiger partial charge in [0.2, 0.25) is 0 Å². The number of hydrogen-bond donors (Lipinski definition) is 1. The van der Waals surface area contributed by atoms with Crippen molar-refractivity contribution in [3.05, 3.63) is 108 Å². The second-order valence-corrected chi connectivity index (χ2v) is 11.2. The summed E-state index contributed by atoms with van der Waals surface area (Å²) in [5, 5.41) is 9.27. The number of carbonyl (C=O) groups is 2. The summed E-state index contributed by atoms with van der Waals surface area (Å²) in [5.74, 6) is -0.498. The number of benzene rings is 2. The van der Waals surface area contributed by atoms with E-state index >= 15 is 0 Å². The van der Waals surface area contributed by atoms with Gasteiger partial charge in [0.05, 0.1) is 47.7 Å². The average Bonchev–Trinajstić information content (AvgIpc) is 3.45. The zero-order valence-corrected chi connectivity index (χ0v) is 26.2. The van der Waals surface area contributed by atoms with E-state index in [2.05, 4.69) is 4.99 Å². The molecule has 228 valence electrons. The summed E-state index contributed by atoms with van der Waals surface area (Å²) in [5.41, 5.74) is 4.76. The van der Waals surface area contributed by atoms with Crippen LogP contribution >= 0.6 is 11.3 Å². The number of aromatic nitrogens is 2. The molecule has 0 saturated carbocycles. The zero-order chi connectivity index (χ0) is 31.7. The number of ether oxygens (including phenoxy) is 3. The van der Waals surface area contributed by atoms with Crippen molar-refractivity contribution >= 4 is 29.4 Å². The lowest BCUT2D eigenvalue weighted by Crippen LogP contribution is -2.40. The fourth-order valence-corrected chi connectivity index (χ4v) is 6.50. The molecule has 5 rings (SSSR count). The molecule has 0 saturated heterocycles. The fourth-order valence-electron chi connectivity index (χ4n) is 5.46. The molecule has 1 N–H and O–H groups in total. The number of nitrogens with zero attached hydrogens (tertiary/aromatic N) is 3. The number of allylic oxidation sites excluding steroid dienone is 1. The van der Waals surface area contributed by atoms with E-state index < -0.39 is 18.0 Å². The van der Waals surface area contributed by atoms with Gasteiger partial charge in [0.1, 0.15) is 0 Å². The zero-order valence-electron chi connectivity index (χ0n) is 25.3. The third-order valence-electron chi connectivity index (χ3n) is 7.45. The first kappa shape index (κ1) is 30.6. The van der Waals surface area contributed by atoms with Crippen LogP contribution < -0.4 is 24.4 Å². The molecular formula is C33H33N3O7S. The largest absolute Gasteiger partial charge is 0.493 e. The number of carbonyl (C=O) groups excluding carboxylic acids is 1. The van der Waals surface area contributed by atoms with Crippen molar-refractivity contribution < 1.29 is 28.9 Å². The van der Waals surface area contributed by atoms with Crippen molar-refractivity contribution in [1.29, 1.82) is 0 Å². The lowest BCUT2D eigenvalue weighted by Gasteiger charge is -2.25. The van der Waals surface area contributed by atoms with Gasteiger partial charge in [0.15, 0.2) is 16.3 Å². The van der Waals surface area contributed by atoms with Gasteiger partial charge >= 0.3 is 11.9 Å². The Bertz CT molecular complexity index is 1980. The van der Waals surface area contributed by atoms with Gasteiger partial charge in [-0.3, -0.25) is 9.36 Å². The third kappa shape index (κ3) is 5.46. The SMILES string of the molecule is CCOC(=O)C1=C(C)N=c2sc(=Cc3cc(C)n(-c4ccc(C(=O)O)cc4)c3C)c(=O)n2[C@@H]1c1ccc(OC)c(OCC)c1. The fraction of sp³-hybridized carbons (Fsp3) is 0.273. The maximum absolute atomic E-state index is 14.1. The van der Waals surface area contributed by atoms with Crippen LogP contribution in [0.3, 0.4) is 0 Å². The number of rotatable bonds is 9. The average molecular weight is 616 g/mol. The predicted octanol–water partition coefficient (Wildman–Crippen LogP) is 4.31. The van der Waals surface area contributed by atoms with Gasteiger partial charge in [0, 0.05) is 17.1 Å². The van der Waals surface area contributed by atoms with E-state index in [1.54, 1.807) is 57.4 Å². The lowest BCUT2D eigenvalue weighted by atomic mass is 9.95. The Labute approximate surface area is 257 Å². The van der Waals surface area contributed by atoms with Gasteiger partial charge in [0.25, 0.3) is 5.56 Å². The van der Waals surface area contributed by atoms with Crippen molar-refractivity contribution in [2.45, 2.75) is 40.7 Å². The number of hydrogen-bond acceptors (Lipinski definition) is 8. The highest BCUT2D eigenvalue weighted by molar-refractivity contribution is 7.07. The van der Waals surface area contributed by atoms with Crippen molar-refractivity contribution in [3.63, 3.8) is 0 Å². The molecule has 2 aromatic heterocycles. The molecule has 11 heteroatoms.